The van der Waals surface area contributed by atoms with Crippen LogP contribution in [0.5, 0.6) is 0 Å². The summed E-state index contributed by atoms with van der Waals surface area (Å²) in [5, 5.41) is 0. The predicted octanol–water partition coefficient (Wildman–Crippen LogP) is 7.76. The Kier molecular flexibility index (Phi) is 7.27. The summed E-state index contributed by atoms with van der Waals surface area (Å²) in [6.45, 7) is 17.7. The molecule has 0 aliphatic rings. The van der Waals surface area contributed by atoms with Crippen LogP contribution in [-0.2, 0) is 10.8 Å². The lowest BCUT2D eigenvalue weighted by Gasteiger charge is -2.24. The first-order valence-corrected chi connectivity index (χ1v) is 9.51. The van der Waals surface area contributed by atoms with Crippen molar-refractivity contribution in [2.24, 2.45) is 0 Å². The van der Waals surface area contributed by atoms with E-state index < -0.39 is 0 Å². The summed E-state index contributed by atoms with van der Waals surface area (Å²) in [7, 11) is 0. The highest BCUT2D eigenvalue weighted by molar-refractivity contribution is 5.64. The summed E-state index contributed by atoms with van der Waals surface area (Å²) < 4.78 is 0. The molecule has 0 nitrogen and oxygen atoms in total. The van der Waals surface area contributed by atoms with Crippen molar-refractivity contribution < 1.29 is 0 Å². The van der Waals surface area contributed by atoms with Crippen LogP contribution >= 0.6 is 0 Å². The molecule has 0 aromatic heterocycles. The fraction of sp³-hybridized carbons (Fsp3) is 0.500. The van der Waals surface area contributed by atoms with Gasteiger partial charge >= 0.3 is 0 Å². The summed E-state index contributed by atoms with van der Waals surface area (Å²) in [6.07, 6.45) is 2.32. The summed E-state index contributed by atoms with van der Waals surface area (Å²) in [5.74, 6) is 0. The van der Waals surface area contributed by atoms with E-state index in [2.05, 4.69) is 90.1 Å². The van der Waals surface area contributed by atoms with Gasteiger partial charge in [0, 0.05) is 0 Å². The van der Waals surface area contributed by atoms with E-state index in [0.717, 1.165) is 12.8 Å². The van der Waals surface area contributed by atoms with Gasteiger partial charge in [-0.15, -0.1) is 0 Å². The molecule has 0 saturated heterocycles. The third kappa shape index (κ3) is 4.72. The molecule has 2 rings (SSSR count). The van der Waals surface area contributed by atoms with Gasteiger partial charge in [-0.2, -0.15) is 0 Å². The average Bonchev–Trinajstić information content (AvgIpc) is 2.63. The van der Waals surface area contributed by atoms with Crippen molar-refractivity contribution in [3.63, 3.8) is 0 Å². The minimum absolute atomic E-state index is 0.257. The molecule has 0 aliphatic carbocycles. The first-order valence-electron chi connectivity index (χ1n) is 9.51. The monoisotopic (exact) mass is 324 g/mol. The second kappa shape index (κ2) is 8.51. The highest BCUT2D eigenvalue weighted by atomic mass is 14.2. The SMILES string of the molecule is CC.CCC(C)(C)c1ccc(-c2ccc(C(C)(C)CC)cc2)cc1. The average molecular weight is 325 g/mol. The van der Waals surface area contributed by atoms with Gasteiger partial charge in [-0.3, -0.25) is 0 Å². The van der Waals surface area contributed by atoms with Gasteiger partial charge in [0.25, 0.3) is 0 Å². The minimum Gasteiger partial charge on any atom is -0.0683 e. The molecule has 0 radical (unpaired) electrons. The standard InChI is InChI=1S/C22H30.C2H6/c1-7-21(3,4)19-13-9-17(10-14-19)18-11-15-20(16-12-18)22(5,6)8-2;1-2/h9-16H,7-8H2,1-6H3;1-2H3. The van der Waals surface area contributed by atoms with Crippen molar-refractivity contribution in [3.05, 3.63) is 59.7 Å². The molecular formula is C24H36. The van der Waals surface area contributed by atoms with Crippen LogP contribution in [0.25, 0.3) is 11.1 Å². The highest BCUT2D eigenvalue weighted by Crippen LogP contribution is 2.31. The molecule has 0 N–H and O–H groups in total. The molecule has 0 atom stereocenters. The van der Waals surface area contributed by atoms with Crippen molar-refractivity contribution in [3.8, 4) is 11.1 Å². The van der Waals surface area contributed by atoms with Crippen LogP contribution in [0, 0.1) is 0 Å². The zero-order valence-corrected chi connectivity index (χ0v) is 17.0. The van der Waals surface area contributed by atoms with Crippen molar-refractivity contribution in [2.75, 3.05) is 0 Å². The van der Waals surface area contributed by atoms with Crippen LogP contribution in [-0.4, -0.2) is 0 Å². The Labute approximate surface area is 150 Å². The lowest BCUT2D eigenvalue weighted by molar-refractivity contribution is 0.506. The van der Waals surface area contributed by atoms with E-state index in [1.165, 1.54) is 22.3 Å². The topological polar surface area (TPSA) is 0 Å². The van der Waals surface area contributed by atoms with E-state index in [0.29, 0.717) is 0 Å². The second-order valence-electron chi connectivity index (χ2n) is 7.63. The van der Waals surface area contributed by atoms with Gasteiger partial charge in [0.2, 0.25) is 0 Å². The smallest absolute Gasteiger partial charge is 0.0106 e. The molecule has 0 aliphatic heterocycles. The maximum Gasteiger partial charge on any atom is -0.0106 e. The quantitative estimate of drug-likeness (QED) is 0.527. The van der Waals surface area contributed by atoms with E-state index >= 15 is 0 Å². The van der Waals surface area contributed by atoms with Gasteiger partial charge in [-0.1, -0.05) is 104 Å². The van der Waals surface area contributed by atoms with Gasteiger partial charge in [0.1, 0.15) is 0 Å². The Morgan fingerprint density at radius 2 is 0.792 bits per heavy atom. The zero-order valence-electron chi connectivity index (χ0n) is 17.0. The van der Waals surface area contributed by atoms with Gasteiger partial charge in [0.15, 0.2) is 0 Å². The second-order valence-corrected chi connectivity index (χ2v) is 7.63. The molecule has 0 heteroatoms. The van der Waals surface area contributed by atoms with Gasteiger partial charge < -0.3 is 0 Å². The van der Waals surface area contributed by atoms with Crippen LogP contribution in [0.4, 0.5) is 0 Å². The van der Waals surface area contributed by atoms with Crippen molar-refractivity contribution in [2.45, 2.75) is 79.1 Å². The minimum atomic E-state index is 0.257. The maximum atomic E-state index is 2.31. The lowest BCUT2D eigenvalue weighted by atomic mass is 9.81. The van der Waals surface area contributed by atoms with E-state index in [9.17, 15) is 0 Å². The van der Waals surface area contributed by atoms with Crippen LogP contribution in [0.2, 0.25) is 0 Å². The van der Waals surface area contributed by atoms with E-state index in [4.69, 9.17) is 0 Å². The molecule has 0 fully saturated rings. The lowest BCUT2D eigenvalue weighted by Crippen LogP contribution is -2.15. The predicted molar refractivity (Wildman–Crippen MR) is 110 cm³/mol. The molecule has 2 aromatic carbocycles. The van der Waals surface area contributed by atoms with E-state index in [1.54, 1.807) is 0 Å². The first-order chi connectivity index (χ1) is 11.3. The Balaban J connectivity index is 0.00000139. The Hall–Kier alpha value is -1.56. The Bertz CT molecular complexity index is 540. The first kappa shape index (κ1) is 20.5. The maximum absolute atomic E-state index is 2.31. The van der Waals surface area contributed by atoms with E-state index in [1.807, 2.05) is 13.8 Å². The van der Waals surface area contributed by atoms with Crippen LogP contribution in [0.3, 0.4) is 0 Å². The van der Waals surface area contributed by atoms with Crippen LogP contribution < -0.4 is 0 Å². The molecule has 0 saturated carbocycles. The summed E-state index contributed by atoms with van der Waals surface area (Å²) in [4.78, 5) is 0. The van der Waals surface area contributed by atoms with Crippen LogP contribution in [0.1, 0.15) is 79.4 Å². The van der Waals surface area contributed by atoms with Crippen molar-refractivity contribution >= 4 is 0 Å². The third-order valence-corrected chi connectivity index (χ3v) is 5.43. The van der Waals surface area contributed by atoms with Gasteiger partial charge in [-0.25, -0.2) is 0 Å². The fourth-order valence-corrected chi connectivity index (χ4v) is 2.64. The number of rotatable bonds is 5. The summed E-state index contributed by atoms with van der Waals surface area (Å²) in [6, 6.07) is 18.1. The number of hydrogen-bond acceptors (Lipinski definition) is 0. The highest BCUT2D eigenvalue weighted by Gasteiger charge is 2.19. The fourth-order valence-electron chi connectivity index (χ4n) is 2.64. The molecule has 0 amide bonds. The Morgan fingerprint density at radius 3 is 1.00 bits per heavy atom. The van der Waals surface area contributed by atoms with Crippen molar-refractivity contribution in [1.82, 2.24) is 0 Å². The molecule has 0 bridgehead atoms. The molecule has 2 aromatic rings. The van der Waals surface area contributed by atoms with Crippen molar-refractivity contribution in [1.29, 1.82) is 0 Å². The molecular weight excluding hydrogens is 288 g/mol. The third-order valence-electron chi connectivity index (χ3n) is 5.43. The summed E-state index contributed by atoms with van der Waals surface area (Å²) in [5.41, 5.74) is 5.96. The van der Waals surface area contributed by atoms with E-state index in [-0.39, 0.29) is 10.8 Å². The van der Waals surface area contributed by atoms with Gasteiger partial charge in [-0.05, 0) is 45.9 Å². The molecule has 0 unspecified atom stereocenters. The van der Waals surface area contributed by atoms with Crippen LogP contribution in [0.15, 0.2) is 48.5 Å². The molecule has 0 spiro atoms. The zero-order chi connectivity index (χ0) is 18.4. The number of hydrogen-bond donors (Lipinski definition) is 0. The molecule has 24 heavy (non-hydrogen) atoms. The Morgan fingerprint density at radius 1 is 0.542 bits per heavy atom. The normalized spacial score (nSPS) is 11.7. The number of benzene rings is 2. The molecule has 132 valence electrons. The molecule has 0 heterocycles. The van der Waals surface area contributed by atoms with Gasteiger partial charge in [0.05, 0.1) is 0 Å². The largest absolute Gasteiger partial charge is 0.0683 e. The summed E-state index contributed by atoms with van der Waals surface area (Å²) >= 11 is 0.